The highest BCUT2D eigenvalue weighted by molar-refractivity contribution is 6.31. The van der Waals surface area contributed by atoms with Crippen molar-refractivity contribution < 1.29 is 18.7 Å². The molecule has 1 aliphatic carbocycles. The van der Waals surface area contributed by atoms with Crippen LogP contribution in [0.2, 0.25) is 5.02 Å². The molecule has 0 radical (unpaired) electrons. The van der Waals surface area contributed by atoms with Gasteiger partial charge in [0, 0.05) is 43.3 Å². The number of hydrogen-bond donors (Lipinski definition) is 1. The van der Waals surface area contributed by atoms with E-state index < -0.39 is 5.82 Å². The van der Waals surface area contributed by atoms with Crippen LogP contribution >= 0.6 is 11.6 Å². The van der Waals surface area contributed by atoms with Crippen molar-refractivity contribution in [2.75, 3.05) is 32.6 Å². The Bertz CT molecular complexity index is 1290. The first-order chi connectivity index (χ1) is 18.4. The number of ether oxygens (including phenoxy) is 2. The van der Waals surface area contributed by atoms with E-state index >= 15 is 0 Å². The summed E-state index contributed by atoms with van der Waals surface area (Å²) in [5.74, 6) is 0.702. The van der Waals surface area contributed by atoms with Crippen LogP contribution in [-0.2, 0) is 0 Å². The van der Waals surface area contributed by atoms with Crippen LogP contribution in [0.25, 0.3) is 10.9 Å². The van der Waals surface area contributed by atoms with Gasteiger partial charge in [0.05, 0.1) is 17.6 Å². The van der Waals surface area contributed by atoms with E-state index in [0.29, 0.717) is 22.8 Å². The van der Waals surface area contributed by atoms with E-state index in [-0.39, 0.29) is 29.2 Å². The summed E-state index contributed by atoms with van der Waals surface area (Å²) in [6, 6.07) is 10.5. The number of urea groups is 1. The molecule has 2 aromatic carbocycles. The number of nitrogens with one attached hydrogen (secondary N) is 1. The van der Waals surface area contributed by atoms with E-state index in [1.165, 1.54) is 18.6 Å². The molecule has 5 rings (SSSR count). The number of carbonyl (C=O) groups excluding carboxylic acids is 1. The van der Waals surface area contributed by atoms with Crippen LogP contribution in [0.15, 0.2) is 36.4 Å². The molecule has 2 heterocycles. The molecule has 0 unspecified atom stereocenters. The fourth-order valence-electron chi connectivity index (χ4n) is 5.24. The summed E-state index contributed by atoms with van der Waals surface area (Å²) in [6.07, 6.45) is 6.65. The Kier molecular flexibility index (Phi) is 8.02. The lowest BCUT2D eigenvalue weighted by atomic mass is 9.92. The lowest BCUT2D eigenvalue weighted by Gasteiger charge is -2.38. The fourth-order valence-corrected chi connectivity index (χ4v) is 5.42. The van der Waals surface area contributed by atoms with E-state index in [0.717, 1.165) is 57.0 Å². The third-order valence-electron chi connectivity index (χ3n) is 7.46. The molecule has 2 fully saturated rings. The lowest BCUT2D eigenvalue weighted by Crippen LogP contribution is -2.49. The number of carbonyl (C=O) groups is 1. The smallest absolute Gasteiger partial charge is 0.319 e. The minimum atomic E-state index is -0.489. The van der Waals surface area contributed by atoms with Crippen LogP contribution in [0.5, 0.6) is 11.8 Å². The number of halogens is 2. The zero-order valence-corrected chi connectivity index (χ0v) is 22.5. The summed E-state index contributed by atoms with van der Waals surface area (Å²) in [5, 5.41) is 4.01. The quantitative estimate of drug-likeness (QED) is 0.389. The Morgan fingerprint density at radius 2 is 1.84 bits per heavy atom. The van der Waals surface area contributed by atoms with Gasteiger partial charge in [-0.1, -0.05) is 11.6 Å². The topological polar surface area (TPSA) is 79.8 Å². The van der Waals surface area contributed by atoms with Crippen molar-refractivity contribution >= 4 is 40.0 Å². The van der Waals surface area contributed by atoms with Crippen molar-refractivity contribution in [2.45, 2.75) is 57.1 Å². The molecule has 3 aromatic rings. The number of fused-ring (bicyclic) bond motifs is 1. The Balaban J connectivity index is 1.29. The molecule has 8 nitrogen and oxygen atoms in total. The van der Waals surface area contributed by atoms with Crippen molar-refractivity contribution in [1.82, 2.24) is 19.8 Å². The van der Waals surface area contributed by atoms with Gasteiger partial charge in [-0.15, -0.1) is 0 Å². The van der Waals surface area contributed by atoms with E-state index in [9.17, 15) is 9.18 Å². The first kappa shape index (κ1) is 26.3. The molecule has 1 saturated carbocycles. The van der Waals surface area contributed by atoms with Gasteiger partial charge in [0.15, 0.2) is 0 Å². The molecule has 202 valence electrons. The van der Waals surface area contributed by atoms with Gasteiger partial charge in [0.2, 0.25) is 0 Å². The van der Waals surface area contributed by atoms with Crippen molar-refractivity contribution in [2.24, 2.45) is 0 Å². The van der Waals surface area contributed by atoms with Crippen LogP contribution in [0.3, 0.4) is 0 Å². The first-order valence-corrected chi connectivity index (χ1v) is 13.6. The van der Waals surface area contributed by atoms with Crippen LogP contribution in [0, 0.1) is 5.82 Å². The largest absolute Gasteiger partial charge is 0.497 e. The average Bonchev–Trinajstić information content (AvgIpc) is 2.94. The molecule has 0 spiro atoms. The van der Waals surface area contributed by atoms with Crippen LogP contribution < -0.4 is 14.8 Å². The summed E-state index contributed by atoms with van der Waals surface area (Å²) in [5.41, 5.74) is 1.26. The van der Waals surface area contributed by atoms with Crippen molar-refractivity contribution in [1.29, 1.82) is 0 Å². The molecular formula is C28H33ClFN5O3. The molecule has 0 bridgehead atoms. The Labute approximate surface area is 227 Å². The summed E-state index contributed by atoms with van der Waals surface area (Å²) >= 11 is 5.98. The summed E-state index contributed by atoms with van der Waals surface area (Å²) in [7, 11) is 3.52. The van der Waals surface area contributed by atoms with E-state index in [1.807, 2.05) is 35.0 Å². The number of amides is 2. The highest BCUT2D eigenvalue weighted by Gasteiger charge is 2.30. The average molecular weight is 542 g/mol. The highest BCUT2D eigenvalue weighted by atomic mass is 35.5. The summed E-state index contributed by atoms with van der Waals surface area (Å²) in [4.78, 5) is 26.1. The van der Waals surface area contributed by atoms with Crippen LogP contribution in [-0.4, -0.2) is 65.2 Å². The normalized spacial score (nSPS) is 19.7. The zero-order valence-electron chi connectivity index (χ0n) is 21.8. The van der Waals surface area contributed by atoms with Gasteiger partial charge in [-0.3, -0.25) is 0 Å². The predicted molar refractivity (Wildman–Crippen MR) is 146 cm³/mol. The van der Waals surface area contributed by atoms with Gasteiger partial charge in [-0.25, -0.2) is 9.18 Å². The third kappa shape index (κ3) is 5.88. The molecule has 1 saturated heterocycles. The Morgan fingerprint density at radius 1 is 1.08 bits per heavy atom. The number of nitrogens with zero attached hydrogens (tertiary/aromatic N) is 4. The number of piperidine rings is 1. The molecular weight excluding hydrogens is 509 g/mol. The Hall–Kier alpha value is -3.33. The second kappa shape index (κ2) is 11.6. The number of anilines is 2. The van der Waals surface area contributed by atoms with Gasteiger partial charge in [-0.05, 0) is 75.3 Å². The molecule has 1 aromatic heterocycles. The number of hydrogen-bond acceptors (Lipinski definition) is 6. The number of rotatable bonds is 6. The van der Waals surface area contributed by atoms with Crippen molar-refractivity contribution in [3.05, 3.63) is 47.2 Å². The van der Waals surface area contributed by atoms with Crippen LogP contribution in [0.4, 0.5) is 20.7 Å². The second-order valence-corrected chi connectivity index (χ2v) is 10.4. The second-order valence-electron chi connectivity index (χ2n) is 9.98. The molecule has 1 N–H and O–H groups in total. The van der Waals surface area contributed by atoms with Gasteiger partial charge < -0.3 is 24.6 Å². The van der Waals surface area contributed by atoms with E-state index in [1.54, 1.807) is 13.2 Å². The molecule has 2 amide bonds. The summed E-state index contributed by atoms with van der Waals surface area (Å²) in [6.45, 7) is 1.71. The van der Waals surface area contributed by atoms with Gasteiger partial charge in [-0.2, -0.15) is 9.97 Å². The maximum absolute atomic E-state index is 13.7. The lowest BCUT2D eigenvalue weighted by molar-refractivity contribution is 0.0878. The molecule has 38 heavy (non-hydrogen) atoms. The maximum Gasteiger partial charge on any atom is 0.319 e. The zero-order chi connectivity index (χ0) is 26.6. The molecule has 0 atom stereocenters. The standard InChI is InChI=1S/C28H33ClFN5O3/c1-34(28(36)35-14-4-3-5-15-35)19-7-9-20(10-8-19)38-27-32-25-17-21(37-2)11-12-22(25)26(33-27)31-18-6-13-24(30)23(29)16-18/h6,11-13,16-17,19-20H,3-5,7-10,14-15H2,1-2H3,(H,31,32,33)/t19-,20+. The molecule has 10 heteroatoms. The number of methoxy groups -OCH3 is 1. The monoisotopic (exact) mass is 541 g/mol. The third-order valence-corrected chi connectivity index (χ3v) is 7.75. The van der Waals surface area contributed by atoms with Crippen molar-refractivity contribution in [3.63, 3.8) is 0 Å². The van der Waals surface area contributed by atoms with Gasteiger partial charge in [0.25, 0.3) is 0 Å². The highest BCUT2D eigenvalue weighted by Crippen LogP contribution is 2.32. The number of benzene rings is 2. The minimum Gasteiger partial charge on any atom is -0.497 e. The first-order valence-electron chi connectivity index (χ1n) is 13.2. The Morgan fingerprint density at radius 3 is 2.55 bits per heavy atom. The van der Waals surface area contributed by atoms with Gasteiger partial charge in [0.1, 0.15) is 23.5 Å². The maximum atomic E-state index is 13.7. The van der Waals surface area contributed by atoms with E-state index in [2.05, 4.69) is 15.3 Å². The number of aromatic nitrogens is 2. The molecule has 1 aliphatic heterocycles. The van der Waals surface area contributed by atoms with Gasteiger partial charge >= 0.3 is 12.0 Å². The SMILES string of the molecule is COc1ccc2c(Nc3ccc(F)c(Cl)c3)nc(O[C@H]3CC[C@@H](N(C)C(=O)N4CCCCC4)CC3)nc2c1. The predicted octanol–water partition coefficient (Wildman–Crippen LogP) is 6.40. The van der Waals surface area contributed by atoms with Crippen molar-refractivity contribution in [3.8, 4) is 11.8 Å². The van der Waals surface area contributed by atoms with E-state index in [4.69, 9.17) is 21.1 Å². The number of likely N-dealkylation sites (tertiary alicyclic amines) is 1. The fraction of sp³-hybridized carbons (Fsp3) is 0.464. The summed E-state index contributed by atoms with van der Waals surface area (Å²) < 4.78 is 25.3. The molecule has 2 aliphatic rings. The minimum absolute atomic E-state index is 0.0204. The van der Waals surface area contributed by atoms with Crippen LogP contribution in [0.1, 0.15) is 44.9 Å².